The summed E-state index contributed by atoms with van der Waals surface area (Å²) in [5.41, 5.74) is 0.904. The van der Waals surface area contributed by atoms with E-state index in [9.17, 15) is 0 Å². The highest BCUT2D eigenvalue weighted by Crippen LogP contribution is 2.13. The van der Waals surface area contributed by atoms with Crippen LogP contribution in [-0.4, -0.2) is 11.4 Å². The molecule has 0 rings (SSSR count). The molecular weight excluding hydrogens is 176 g/mol. The SMILES string of the molecule is C=C(C)C(CCCCCCCC)OO. The highest BCUT2D eigenvalue weighted by molar-refractivity contribution is 4.96. The van der Waals surface area contributed by atoms with E-state index in [1.165, 1.54) is 32.1 Å². The van der Waals surface area contributed by atoms with Gasteiger partial charge in [0.1, 0.15) is 6.10 Å². The van der Waals surface area contributed by atoms with Gasteiger partial charge < -0.3 is 0 Å². The summed E-state index contributed by atoms with van der Waals surface area (Å²) in [6.07, 6.45) is 8.30. The largest absolute Gasteiger partial charge is 0.251 e. The molecule has 0 aromatic rings. The average molecular weight is 200 g/mol. The van der Waals surface area contributed by atoms with Crippen LogP contribution in [0.15, 0.2) is 12.2 Å². The van der Waals surface area contributed by atoms with Crippen LogP contribution in [0.25, 0.3) is 0 Å². The quantitative estimate of drug-likeness (QED) is 0.262. The zero-order chi connectivity index (χ0) is 10.8. The maximum atomic E-state index is 8.58. The van der Waals surface area contributed by atoms with Gasteiger partial charge in [-0.2, -0.15) is 0 Å². The summed E-state index contributed by atoms with van der Waals surface area (Å²) < 4.78 is 0. The molecule has 0 saturated carbocycles. The number of hydrogen-bond acceptors (Lipinski definition) is 2. The van der Waals surface area contributed by atoms with Gasteiger partial charge in [0, 0.05) is 0 Å². The maximum Gasteiger partial charge on any atom is 0.113 e. The van der Waals surface area contributed by atoms with E-state index in [2.05, 4.69) is 18.4 Å². The highest BCUT2D eigenvalue weighted by Gasteiger charge is 2.08. The van der Waals surface area contributed by atoms with E-state index in [4.69, 9.17) is 5.26 Å². The van der Waals surface area contributed by atoms with E-state index in [1.54, 1.807) is 0 Å². The van der Waals surface area contributed by atoms with Gasteiger partial charge in [-0.3, -0.25) is 5.26 Å². The van der Waals surface area contributed by atoms with Crippen LogP contribution in [0.3, 0.4) is 0 Å². The molecule has 2 nitrogen and oxygen atoms in total. The molecule has 1 atom stereocenters. The molecule has 0 spiro atoms. The summed E-state index contributed by atoms with van der Waals surface area (Å²) in [5, 5.41) is 8.58. The number of hydrogen-bond donors (Lipinski definition) is 1. The van der Waals surface area contributed by atoms with Gasteiger partial charge in [0.2, 0.25) is 0 Å². The lowest BCUT2D eigenvalue weighted by Crippen LogP contribution is -2.11. The van der Waals surface area contributed by atoms with Gasteiger partial charge >= 0.3 is 0 Å². The molecule has 1 N–H and O–H groups in total. The Morgan fingerprint density at radius 1 is 1.21 bits per heavy atom. The Morgan fingerprint density at radius 3 is 2.29 bits per heavy atom. The zero-order valence-corrected chi connectivity index (χ0v) is 9.59. The highest BCUT2D eigenvalue weighted by atomic mass is 17.1. The summed E-state index contributed by atoms with van der Waals surface area (Å²) in [7, 11) is 0. The first-order chi connectivity index (χ1) is 6.72. The predicted octanol–water partition coefficient (Wildman–Crippen LogP) is 4.17. The second-order valence-corrected chi connectivity index (χ2v) is 4.00. The molecule has 0 saturated heterocycles. The van der Waals surface area contributed by atoms with Gasteiger partial charge in [-0.05, 0) is 18.9 Å². The van der Waals surface area contributed by atoms with Crippen molar-refractivity contribution in [2.45, 2.75) is 64.9 Å². The van der Waals surface area contributed by atoms with Gasteiger partial charge in [0.25, 0.3) is 0 Å². The van der Waals surface area contributed by atoms with Crippen molar-refractivity contribution in [2.24, 2.45) is 0 Å². The lowest BCUT2D eigenvalue weighted by atomic mass is 10.0. The Balaban J connectivity index is 3.29. The maximum absolute atomic E-state index is 8.58. The molecule has 0 radical (unpaired) electrons. The van der Waals surface area contributed by atoms with E-state index < -0.39 is 0 Å². The molecule has 0 aliphatic rings. The second-order valence-electron chi connectivity index (χ2n) is 4.00. The van der Waals surface area contributed by atoms with Gasteiger partial charge in [-0.25, -0.2) is 4.89 Å². The number of rotatable bonds is 9. The molecule has 2 heteroatoms. The molecule has 0 amide bonds. The van der Waals surface area contributed by atoms with E-state index in [0.717, 1.165) is 18.4 Å². The van der Waals surface area contributed by atoms with Crippen molar-refractivity contribution in [3.8, 4) is 0 Å². The van der Waals surface area contributed by atoms with Crippen molar-refractivity contribution in [3.63, 3.8) is 0 Å². The van der Waals surface area contributed by atoms with Crippen LogP contribution in [-0.2, 0) is 4.89 Å². The smallest absolute Gasteiger partial charge is 0.113 e. The third-order valence-electron chi connectivity index (χ3n) is 2.50. The lowest BCUT2D eigenvalue weighted by molar-refractivity contribution is -0.269. The van der Waals surface area contributed by atoms with Crippen molar-refractivity contribution in [2.75, 3.05) is 0 Å². The van der Waals surface area contributed by atoms with E-state index in [0.29, 0.717) is 0 Å². The fraction of sp³-hybridized carbons (Fsp3) is 0.833. The third kappa shape index (κ3) is 7.10. The molecule has 0 aliphatic carbocycles. The Kier molecular flexibility index (Phi) is 9.00. The topological polar surface area (TPSA) is 29.5 Å². The zero-order valence-electron chi connectivity index (χ0n) is 9.59. The van der Waals surface area contributed by atoms with Gasteiger partial charge in [0.15, 0.2) is 0 Å². The molecule has 0 fully saturated rings. The molecule has 1 unspecified atom stereocenters. The summed E-state index contributed by atoms with van der Waals surface area (Å²) in [6, 6.07) is 0. The summed E-state index contributed by atoms with van der Waals surface area (Å²) in [6.45, 7) is 7.88. The van der Waals surface area contributed by atoms with Gasteiger partial charge in [0.05, 0.1) is 0 Å². The minimum Gasteiger partial charge on any atom is -0.251 e. The van der Waals surface area contributed by atoms with Crippen molar-refractivity contribution < 1.29 is 10.1 Å². The summed E-state index contributed by atoms with van der Waals surface area (Å²) in [5.74, 6) is 0. The van der Waals surface area contributed by atoms with Gasteiger partial charge in [-0.1, -0.05) is 52.0 Å². The van der Waals surface area contributed by atoms with E-state index in [1.807, 2.05) is 6.92 Å². The molecule has 0 aliphatic heterocycles. The Labute approximate surface area is 87.9 Å². The monoisotopic (exact) mass is 200 g/mol. The van der Waals surface area contributed by atoms with Crippen LogP contribution >= 0.6 is 0 Å². The molecule has 84 valence electrons. The minimum absolute atomic E-state index is 0.166. The predicted molar refractivity (Wildman–Crippen MR) is 60.3 cm³/mol. The minimum atomic E-state index is -0.166. The molecular formula is C12H24O2. The fourth-order valence-electron chi connectivity index (χ4n) is 1.50. The van der Waals surface area contributed by atoms with Crippen LogP contribution in [0.4, 0.5) is 0 Å². The van der Waals surface area contributed by atoms with Crippen molar-refractivity contribution in [3.05, 3.63) is 12.2 Å². The molecule has 0 aromatic carbocycles. The summed E-state index contributed by atoms with van der Waals surface area (Å²) >= 11 is 0. The first kappa shape index (κ1) is 13.7. The second kappa shape index (κ2) is 9.22. The van der Waals surface area contributed by atoms with E-state index in [-0.39, 0.29) is 6.10 Å². The fourth-order valence-corrected chi connectivity index (χ4v) is 1.50. The van der Waals surface area contributed by atoms with Crippen LogP contribution in [0.5, 0.6) is 0 Å². The lowest BCUT2D eigenvalue weighted by Gasteiger charge is -2.12. The van der Waals surface area contributed by atoms with Gasteiger partial charge in [-0.15, -0.1) is 0 Å². The van der Waals surface area contributed by atoms with Crippen LogP contribution < -0.4 is 0 Å². The number of unbranched alkanes of at least 4 members (excludes halogenated alkanes) is 5. The van der Waals surface area contributed by atoms with Crippen molar-refractivity contribution in [1.82, 2.24) is 0 Å². The molecule has 0 bridgehead atoms. The standard InChI is InChI=1S/C12H24O2/c1-4-5-6-7-8-9-10-12(14-13)11(2)3/h12-13H,2,4-10H2,1,3H3. The summed E-state index contributed by atoms with van der Waals surface area (Å²) in [4.78, 5) is 4.34. The Bertz CT molecular complexity index is 143. The molecule has 0 heterocycles. The molecule has 14 heavy (non-hydrogen) atoms. The Hall–Kier alpha value is -0.340. The first-order valence-electron chi connectivity index (χ1n) is 5.68. The van der Waals surface area contributed by atoms with Crippen LogP contribution in [0, 0.1) is 0 Å². The molecule has 0 aromatic heterocycles. The van der Waals surface area contributed by atoms with Crippen LogP contribution in [0.2, 0.25) is 0 Å². The van der Waals surface area contributed by atoms with Crippen molar-refractivity contribution >= 4 is 0 Å². The first-order valence-corrected chi connectivity index (χ1v) is 5.68. The average Bonchev–Trinajstić information content (AvgIpc) is 2.16. The van der Waals surface area contributed by atoms with Crippen LogP contribution in [0.1, 0.15) is 58.8 Å². The normalized spacial score (nSPS) is 12.8. The van der Waals surface area contributed by atoms with Crippen molar-refractivity contribution in [1.29, 1.82) is 0 Å². The Morgan fingerprint density at radius 2 is 1.79 bits per heavy atom. The third-order valence-corrected chi connectivity index (χ3v) is 2.50. The van der Waals surface area contributed by atoms with E-state index >= 15 is 0 Å².